The van der Waals surface area contributed by atoms with Crippen molar-refractivity contribution in [1.29, 1.82) is 0 Å². The van der Waals surface area contributed by atoms with E-state index in [0.717, 1.165) is 32.1 Å². The van der Waals surface area contributed by atoms with Gasteiger partial charge in [0.15, 0.2) is 0 Å². The van der Waals surface area contributed by atoms with E-state index in [9.17, 15) is 14.7 Å². The van der Waals surface area contributed by atoms with Crippen molar-refractivity contribution in [2.75, 3.05) is 13.6 Å². The Morgan fingerprint density at radius 1 is 1.14 bits per heavy atom. The van der Waals surface area contributed by atoms with Gasteiger partial charge in [-0.15, -0.1) is 0 Å². The van der Waals surface area contributed by atoms with E-state index in [2.05, 4.69) is 13.8 Å². The lowest BCUT2D eigenvalue weighted by molar-refractivity contribution is -0.147. The maximum absolute atomic E-state index is 12.7. The number of rotatable bonds is 2. The maximum Gasteiger partial charge on any atom is 0.329 e. The Morgan fingerprint density at radius 2 is 1.71 bits per heavy atom. The van der Waals surface area contributed by atoms with Crippen LogP contribution < -0.4 is 0 Å². The van der Waals surface area contributed by atoms with Gasteiger partial charge in [0.05, 0.1) is 0 Å². The number of likely N-dealkylation sites (tertiary alicyclic amines) is 1. The molecule has 5 heteroatoms. The summed E-state index contributed by atoms with van der Waals surface area (Å²) >= 11 is 0. The summed E-state index contributed by atoms with van der Waals surface area (Å²) in [6.07, 6.45) is 5.55. The minimum Gasteiger partial charge on any atom is -0.480 e. The highest BCUT2D eigenvalue weighted by atomic mass is 16.4. The Labute approximate surface area is 127 Å². The number of carbonyl (C=O) groups is 2. The predicted molar refractivity (Wildman–Crippen MR) is 81.2 cm³/mol. The number of nitrogens with zero attached hydrogens (tertiary/aromatic N) is 2. The molecule has 1 N–H and O–H groups in total. The van der Waals surface area contributed by atoms with Crippen LogP contribution in [0, 0.1) is 5.41 Å². The first-order valence-corrected chi connectivity index (χ1v) is 7.95. The number of carbonyl (C=O) groups excluding carboxylic acids is 1. The molecule has 0 aromatic carbocycles. The topological polar surface area (TPSA) is 60.9 Å². The highest BCUT2D eigenvalue weighted by Crippen LogP contribution is 2.37. The summed E-state index contributed by atoms with van der Waals surface area (Å²) < 4.78 is 0. The first kappa shape index (κ1) is 16.1. The van der Waals surface area contributed by atoms with Crippen LogP contribution >= 0.6 is 0 Å². The van der Waals surface area contributed by atoms with Gasteiger partial charge < -0.3 is 14.9 Å². The zero-order valence-corrected chi connectivity index (χ0v) is 13.7. The van der Waals surface area contributed by atoms with Crippen molar-refractivity contribution in [3.05, 3.63) is 0 Å². The van der Waals surface area contributed by atoms with Crippen LogP contribution in [0.1, 0.15) is 59.3 Å². The van der Waals surface area contributed by atoms with Gasteiger partial charge in [0.2, 0.25) is 0 Å². The Balaban J connectivity index is 2.04. The summed E-state index contributed by atoms with van der Waals surface area (Å²) in [4.78, 5) is 27.6. The highest BCUT2D eigenvalue weighted by Gasteiger charge is 2.47. The van der Waals surface area contributed by atoms with Gasteiger partial charge in [0, 0.05) is 19.6 Å². The van der Waals surface area contributed by atoms with Crippen LogP contribution in [-0.2, 0) is 4.79 Å². The van der Waals surface area contributed by atoms with Crippen LogP contribution in [0.4, 0.5) is 4.79 Å². The molecule has 0 bridgehead atoms. The molecule has 0 spiro atoms. The number of carboxylic acids is 1. The SMILES string of the molecule is CN(C(=O)N1CCCC1(C)C(=O)O)C1CCC(C)(C)CC1. The zero-order chi connectivity index (χ0) is 15.8. The molecule has 1 heterocycles. The molecular weight excluding hydrogens is 268 g/mol. The molecule has 2 rings (SSSR count). The first-order valence-electron chi connectivity index (χ1n) is 7.95. The summed E-state index contributed by atoms with van der Waals surface area (Å²) in [7, 11) is 1.83. The fourth-order valence-corrected chi connectivity index (χ4v) is 3.61. The molecule has 1 saturated heterocycles. The van der Waals surface area contributed by atoms with E-state index in [-0.39, 0.29) is 12.1 Å². The first-order chi connectivity index (χ1) is 9.67. The standard InChI is InChI=1S/C16H28N2O3/c1-15(2)9-6-12(7-10-15)17(4)14(21)18-11-5-8-16(18,3)13(19)20/h12H,5-11H2,1-4H3,(H,19,20). The van der Waals surface area contributed by atoms with Crippen LogP contribution in [0.15, 0.2) is 0 Å². The molecule has 2 aliphatic rings. The van der Waals surface area contributed by atoms with E-state index in [0.29, 0.717) is 18.4 Å². The molecule has 1 saturated carbocycles. The normalized spacial score (nSPS) is 29.4. The number of urea groups is 1. The Kier molecular flexibility index (Phi) is 4.22. The molecule has 2 fully saturated rings. The van der Waals surface area contributed by atoms with Gasteiger partial charge in [-0.05, 0) is 50.9 Å². The molecular formula is C16H28N2O3. The second-order valence-electron chi connectivity index (χ2n) is 7.62. The monoisotopic (exact) mass is 296 g/mol. The second kappa shape index (κ2) is 5.50. The lowest BCUT2D eigenvalue weighted by atomic mass is 9.75. The maximum atomic E-state index is 12.7. The Bertz CT molecular complexity index is 425. The number of hydrogen-bond donors (Lipinski definition) is 1. The van der Waals surface area contributed by atoms with Crippen LogP contribution in [0.25, 0.3) is 0 Å². The van der Waals surface area contributed by atoms with E-state index >= 15 is 0 Å². The van der Waals surface area contributed by atoms with Gasteiger partial charge >= 0.3 is 12.0 Å². The summed E-state index contributed by atoms with van der Waals surface area (Å²) in [5, 5.41) is 9.44. The number of amides is 2. The fraction of sp³-hybridized carbons (Fsp3) is 0.875. The van der Waals surface area contributed by atoms with Crippen molar-refractivity contribution in [2.24, 2.45) is 5.41 Å². The average Bonchev–Trinajstić information content (AvgIpc) is 2.80. The lowest BCUT2D eigenvalue weighted by Gasteiger charge is -2.41. The van der Waals surface area contributed by atoms with E-state index < -0.39 is 11.5 Å². The average molecular weight is 296 g/mol. The molecule has 21 heavy (non-hydrogen) atoms. The third kappa shape index (κ3) is 3.01. The largest absolute Gasteiger partial charge is 0.480 e. The molecule has 0 radical (unpaired) electrons. The van der Waals surface area contributed by atoms with Crippen molar-refractivity contribution in [1.82, 2.24) is 9.80 Å². The highest BCUT2D eigenvalue weighted by molar-refractivity contribution is 5.86. The molecule has 1 aliphatic carbocycles. The third-order valence-electron chi connectivity index (χ3n) is 5.49. The van der Waals surface area contributed by atoms with Gasteiger partial charge in [0.1, 0.15) is 5.54 Å². The molecule has 5 nitrogen and oxygen atoms in total. The van der Waals surface area contributed by atoms with Crippen LogP contribution in [0.5, 0.6) is 0 Å². The van der Waals surface area contributed by atoms with Crippen LogP contribution in [-0.4, -0.2) is 52.1 Å². The van der Waals surface area contributed by atoms with Gasteiger partial charge in [-0.2, -0.15) is 0 Å². The number of aliphatic carboxylic acids is 1. The lowest BCUT2D eigenvalue weighted by Crippen LogP contribution is -2.56. The van der Waals surface area contributed by atoms with Crippen molar-refractivity contribution in [2.45, 2.75) is 70.9 Å². The van der Waals surface area contributed by atoms with Crippen molar-refractivity contribution in [3.8, 4) is 0 Å². The molecule has 120 valence electrons. The molecule has 0 aromatic rings. The van der Waals surface area contributed by atoms with Crippen LogP contribution in [0.2, 0.25) is 0 Å². The quantitative estimate of drug-likeness (QED) is 0.852. The smallest absolute Gasteiger partial charge is 0.329 e. The van der Waals surface area contributed by atoms with E-state index in [1.54, 1.807) is 16.7 Å². The number of hydrogen-bond acceptors (Lipinski definition) is 2. The van der Waals surface area contributed by atoms with Gasteiger partial charge in [-0.3, -0.25) is 0 Å². The van der Waals surface area contributed by atoms with Crippen molar-refractivity contribution < 1.29 is 14.7 Å². The Hall–Kier alpha value is -1.26. The minimum atomic E-state index is -1.04. The van der Waals surface area contributed by atoms with E-state index in [1.807, 2.05) is 7.05 Å². The number of carboxylic acid groups (broad SMARTS) is 1. The van der Waals surface area contributed by atoms with Crippen molar-refractivity contribution >= 4 is 12.0 Å². The van der Waals surface area contributed by atoms with Crippen molar-refractivity contribution in [3.63, 3.8) is 0 Å². The minimum absolute atomic E-state index is 0.123. The molecule has 1 atom stereocenters. The summed E-state index contributed by atoms with van der Waals surface area (Å²) in [6.45, 7) is 6.75. The molecule has 0 aromatic heterocycles. The zero-order valence-electron chi connectivity index (χ0n) is 13.7. The fourth-order valence-electron chi connectivity index (χ4n) is 3.61. The molecule has 2 amide bonds. The summed E-state index contributed by atoms with van der Waals surface area (Å²) in [5.41, 5.74) is -0.678. The third-order valence-corrected chi connectivity index (χ3v) is 5.49. The van der Waals surface area contributed by atoms with Crippen LogP contribution in [0.3, 0.4) is 0 Å². The van der Waals surface area contributed by atoms with Gasteiger partial charge in [-0.25, -0.2) is 9.59 Å². The van der Waals surface area contributed by atoms with E-state index in [1.165, 1.54) is 0 Å². The predicted octanol–water partition coefficient (Wildman–Crippen LogP) is 2.95. The second-order valence-corrected chi connectivity index (χ2v) is 7.62. The molecule has 1 aliphatic heterocycles. The van der Waals surface area contributed by atoms with Gasteiger partial charge in [-0.1, -0.05) is 13.8 Å². The van der Waals surface area contributed by atoms with Gasteiger partial charge in [0.25, 0.3) is 0 Å². The summed E-state index contributed by atoms with van der Waals surface area (Å²) in [5.74, 6) is -0.897. The van der Waals surface area contributed by atoms with E-state index in [4.69, 9.17) is 0 Å². The molecule has 1 unspecified atom stereocenters. The summed E-state index contributed by atoms with van der Waals surface area (Å²) in [6, 6.07) is 0.117. The Morgan fingerprint density at radius 3 is 2.24 bits per heavy atom.